The molecule has 1 heterocycles. The Bertz CT molecular complexity index is 495. The third kappa shape index (κ3) is 3.18. The average Bonchev–Trinajstić information content (AvgIpc) is 2.66. The Morgan fingerprint density at radius 2 is 2.05 bits per heavy atom. The van der Waals surface area contributed by atoms with Crippen LogP contribution in [0.3, 0.4) is 0 Å². The molecule has 6 nitrogen and oxygen atoms in total. The van der Waals surface area contributed by atoms with Crippen LogP contribution in [0.15, 0.2) is 4.52 Å². The van der Waals surface area contributed by atoms with E-state index < -0.39 is 5.97 Å². The third-order valence-corrected chi connectivity index (χ3v) is 3.51. The molecule has 1 aliphatic rings. The molecular weight excluding hydrogens is 260 g/mol. The summed E-state index contributed by atoms with van der Waals surface area (Å²) in [6.45, 7) is 2.02. The molecule has 20 heavy (non-hydrogen) atoms. The number of hydrogen-bond donors (Lipinski definition) is 1. The predicted molar refractivity (Wildman–Crippen MR) is 71.6 cm³/mol. The number of nitrogens with zero attached hydrogens (tertiary/aromatic N) is 2. The molecule has 0 bridgehead atoms. The van der Waals surface area contributed by atoms with Crippen molar-refractivity contribution in [3.8, 4) is 0 Å². The minimum absolute atomic E-state index is 0.297. The van der Waals surface area contributed by atoms with E-state index in [1.54, 1.807) is 0 Å². The zero-order valence-electron chi connectivity index (χ0n) is 11.7. The van der Waals surface area contributed by atoms with Crippen molar-refractivity contribution in [3.05, 3.63) is 17.0 Å². The zero-order chi connectivity index (χ0) is 14.5. The molecule has 1 aromatic heterocycles. The van der Waals surface area contributed by atoms with E-state index >= 15 is 0 Å². The molecule has 110 valence electrons. The number of hydrogen-bond acceptors (Lipinski definition) is 4. The highest BCUT2D eigenvalue weighted by molar-refractivity contribution is 5.95. The van der Waals surface area contributed by atoms with Crippen molar-refractivity contribution in [2.45, 2.75) is 45.4 Å². The SMILES string of the molecule is CCCN(CC(=O)O)C(=O)c1noc2c1CCCCC2. The number of amides is 1. The molecule has 6 heteroatoms. The Morgan fingerprint density at radius 1 is 1.30 bits per heavy atom. The van der Waals surface area contributed by atoms with Crippen LogP contribution in [-0.2, 0) is 17.6 Å². The van der Waals surface area contributed by atoms with Crippen molar-refractivity contribution in [1.82, 2.24) is 10.1 Å². The maximum atomic E-state index is 12.5. The van der Waals surface area contributed by atoms with Crippen molar-refractivity contribution in [2.24, 2.45) is 0 Å². The second-order valence-electron chi connectivity index (χ2n) is 5.11. The van der Waals surface area contributed by atoms with Crippen molar-refractivity contribution >= 4 is 11.9 Å². The van der Waals surface area contributed by atoms with Gasteiger partial charge in [-0.3, -0.25) is 9.59 Å². The van der Waals surface area contributed by atoms with Crippen molar-refractivity contribution in [3.63, 3.8) is 0 Å². The van der Waals surface area contributed by atoms with Gasteiger partial charge in [0.25, 0.3) is 5.91 Å². The summed E-state index contributed by atoms with van der Waals surface area (Å²) in [6.07, 6.45) is 5.48. The molecule has 0 spiro atoms. The van der Waals surface area contributed by atoms with Gasteiger partial charge in [0.2, 0.25) is 0 Å². The van der Waals surface area contributed by atoms with E-state index in [0.717, 1.165) is 43.4 Å². The lowest BCUT2D eigenvalue weighted by Gasteiger charge is -2.19. The molecule has 0 radical (unpaired) electrons. The number of aryl methyl sites for hydroxylation is 1. The molecule has 1 N–H and O–H groups in total. The summed E-state index contributed by atoms with van der Waals surface area (Å²) < 4.78 is 5.28. The average molecular weight is 280 g/mol. The van der Waals surface area contributed by atoms with Gasteiger partial charge in [-0.25, -0.2) is 0 Å². The number of rotatable bonds is 5. The Labute approximate surface area is 117 Å². The standard InChI is InChI=1S/C14H20N2O4/c1-2-8-16(9-12(17)18)14(19)13-10-6-4-3-5-7-11(10)20-15-13/h2-9H2,1H3,(H,17,18). The molecular formula is C14H20N2O4. The largest absolute Gasteiger partial charge is 0.480 e. The first-order chi connectivity index (χ1) is 9.63. The maximum Gasteiger partial charge on any atom is 0.323 e. The van der Waals surface area contributed by atoms with Crippen LogP contribution < -0.4 is 0 Å². The van der Waals surface area contributed by atoms with Crippen molar-refractivity contribution in [2.75, 3.05) is 13.1 Å². The fraction of sp³-hybridized carbons (Fsp3) is 0.643. The molecule has 0 aliphatic heterocycles. The van der Waals surface area contributed by atoms with E-state index in [-0.39, 0.29) is 12.5 Å². The maximum absolute atomic E-state index is 12.5. The number of carbonyl (C=O) groups excluding carboxylic acids is 1. The zero-order valence-corrected chi connectivity index (χ0v) is 11.7. The Balaban J connectivity index is 2.22. The van der Waals surface area contributed by atoms with E-state index in [2.05, 4.69) is 5.16 Å². The first-order valence-corrected chi connectivity index (χ1v) is 7.12. The first kappa shape index (κ1) is 14.6. The number of aliphatic carboxylic acids is 1. The summed E-state index contributed by atoms with van der Waals surface area (Å²) in [5.74, 6) is -0.555. The van der Waals surface area contributed by atoms with Gasteiger partial charge in [-0.05, 0) is 25.7 Å². The van der Waals surface area contributed by atoms with Gasteiger partial charge in [-0.15, -0.1) is 0 Å². The van der Waals surface area contributed by atoms with Crippen LogP contribution in [0.4, 0.5) is 0 Å². The summed E-state index contributed by atoms with van der Waals surface area (Å²) in [4.78, 5) is 24.6. The van der Waals surface area contributed by atoms with Gasteiger partial charge in [-0.1, -0.05) is 18.5 Å². The van der Waals surface area contributed by atoms with Crippen molar-refractivity contribution < 1.29 is 19.2 Å². The summed E-state index contributed by atoms with van der Waals surface area (Å²) in [5.41, 5.74) is 1.18. The smallest absolute Gasteiger partial charge is 0.323 e. The third-order valence-electron chi connectivity index (χ3n) is 3.51. The fourth-order valence-electron chi connectivity index (χ4n) is 2.56. The summed E-state index contributed by atoms with van der Waals surface area (Å²) in [6, 6.07) is 0. The predicted octanol–water partition coefficient (Wildman–Crippen LogP) is 1.88. The lowest BCUT2D eigenvalue weighted by molar-refractivity contribution is -0.137. The molecule has 1 amide bonds. The Hall–Kier alpha value is -1.85. The van der Waals surface area contributed by atoms with Crippen LogP contribution in [0.2, 0.25) is 0 Å². The van der Waals surface area contributed by atoms with Crippen LogP contribution in [0.5, 0.6) is 0 Å². The molecule has 0 unspecified atom stereocenters. The Morgan fingerprint density at radius 3 is 2.75 bits per heavy atom. The molecule has 2 rings (SSSR count). The fourth-order valence-corrected chi connectivity index (χ4v) is 2.56. The van der Waals surface area contributed by atoms with Crippen molar-refractivity contribution in [1.29, 1.82) is 0 Å². The highest BCUT2D eigenvalue weighted by Crippen LogP contribution is 2.24. The minimum atomic E-state index is -1.01. The number of carboxylic acids is 1. The van der Waals surface area contributed by atoms with Crippen LogP contribution in [0.1, 0.15) is 54.4 Å². The number of fused-ring (bicyclic) bond motifs is 1. The molecule has 0 aromatic carbocycles. The van der Waals surface area contributed by atoms with Gasteiger partial charge in [-0.2, -0.15) is 0 Å². The van der Waals surface area contributed by atoms with Gasteiger partial charge >= 0.3 is 5.97 Å². The lowest BCUT2D eigenvalue weighted by Crippen LogP contribution is -2.36. The monoisotopic (exact) mass is 280 g/mol. The van der Waals surface area contributed by atoms with Gasteiger partial charge in [0.1, 0.15) is 12.3 Å². The van der Waals surface area contributed by atoms with Gasteiger partial charge in [0.05, 0.1) is 0 Å². The highest BCUT2D eigenvalue weighted by atomic mass is 16.5. The normalized spacial score (nSPS) is 14.4. The topological polar surface area (TPSA) is 83.6 Å². The van der Waals surface area contributed by atoms with E-state index in [9.17, 15) is 9.59 Å². The quantitative estimate of drug-likeness (QED) is 0.832. The van der Waals surface area contributed by atoms with E-state index in [0.29, 0.717) is 18.7 Å². The summed E-state index contributed by atoms with van der Waals surface area (Å²) in [7, 11) is 0. The molecule has 1 aromatic rings. The van der Waals surface area contributed by atoms with Gasteiger partial charge < -0.3 is 14.5 Å². The number of carboxylic acid groups (broad SMARTS) is 1. The van der Waals surface area contributed by atoms with E-state index in [1.807, 2.05) is 6.92 Å². The molecule has 0 atom stereocenters. The molecule has 0 saturated carbocycles. The van der Waals surface area contributed by atoms with E-state index in [4.69, 9.17) is 9.63 Å². The second-order valence-corrected chi connectivity index (χ2v) is 5.11. The summed E-state index contributed by atoms with van der Waals surface area (Å²) in [5, 5.41) is 12.8. The van der Waals surface area contributed by atoms with Crippen LogP contribution in [0.25, 0.3) is 0 Å². The van der Waals surface area contributed by atoms with Crippen LogP contribution in [-0.4, -0.2) is 40.1 Å². The number of aromatic nitrogens is 1. The number of carbonyl (C=O) groups is 2. The highest BCUT2D eigenvalue weighted by Gasteiger charge is 2.27. The summed E-state index contributed by atoms with van der Waals surface area (Å²) >= 11 is 0. The Kier molecular flexibility index (Phi) is 4.76. The minimum Gasteiger partial charge on any atom is -0.480 e. The molecule has 0 fully saturated rings. The van der Waals surface area contributed by atoms with E-state index in [1.165, 1.54) is 4.90 Å². The lowest BCUT2D eigenvalue weighted by atomic mass is 10.1. The van der Waals surface area contributed by atoms with Crippen LogP contribution >= 0.6 is 0 Å². The second kappa shape index (κ2) is 6.54. The molecule has 1 aliphatic carbocycles. The van der Waals surface area contributed by atoms with Gasteiger partial charge in [0.15, 0.2) is 5.69 Å². The van der Waals surface area contributed by atoms with Crippen LogP contribution in [0, 0.1) is 0 Å². The molecule has 0 saturated heterocycles. The van der Waals surface area contributed by atoms with Gasteiger partial charge in [0, 0.05) is 18.5 Å². The first-order valence-electron chi connectivity index (χ1n) is 7.12.